The van der Waals surface area contributed by atoms with Crippen molar-refractivity contribution in [2.45, 2.75) is 6.04 Å². The molecule has 0 saturated heterocycles. The summed E-state index contributed by atoms with van der Waals surface area (Å²) in [5.74, 6) is -0.0890. The van der Waals surface area contributed by atoms with Crippen LogP contribution >= 0.6 is 11.6 Å². The molecular weight excluding hydrogens is 282 g/mol. The Bertz CT molecular complexity index is 689. The Morgan fingerprint density at radius 3 is 2.70 bits per heavy atom. The number of aliphatic imine (C=N–C) groups is 3. The fourth-order valence-electron chi connectivity index (χ4n) is 1.63. The van der Waals surface area contributed by atoms with Crippen molar-refractivity contribution in [3.05, 3.63) is 29.3 Å². The molecule has 20 heavy (non-hydrogen) atoms. The number of halogens is 1. The molecule has 2 aliphatic rings. The van der Waals surface area contributed by atoms with E-state index in [2.05, 4.69) is 30.5 Å². The van der Waals surface area contributed by atoms with E-state index in [1.807, 2.05) is 0 Å². The van der Waals surface area contributed by atoms with Crippen molar-refractivity contribution in [2.75, 3.05) is 0 Å². The summed E-state index contributed by atoms with van der Waals surface area (Å²) in [5, 5.41) is 10.8. The molecule has 3 rings (SSSR count). The number of carbonyl (C=O) groups is 1. The second kappa shape index (κ2) is 4.82. The van der Waals surface area contributed by atoms with E-state index in [0.29, 0.717) is 10.7 Å². The maximum atomic E-state index is 11.6. The van der Waals surface area contributed by atoms with E-state index in [-0.39, 0.29) is 23.7 Å². The van der Waals surface area contributed by atoms with Gasteiger partial charge in [0.1, 0.15) is 0 Å². The largest absolute Gasteiger partial charge is 0.369 e. The van der Waals surface area contributed by atoms with Gasteiger partial charge >= 0.3 is 0 Å². The predicted octanol–water partition coefficient (Wildman–Crippen LogP) is 1.00. The summed E-state index contributed by atoms with van der Waals surface area (Å²) in [5.41, 5.74) is 6.02. The van der Waals surface area contributed by atoms with Gasteiger partial charge < -0.3 is 5.73 Å². The van der Waals surface area contributed by atoms with Crippen LogP contribution in [0.25, 0.3) is 0 Å². The smallest absolute Gasteiger partial charge is 0.267 e. The second-order valence-electron chi connectivity index (χ2n) is 3.96. The van der Waals surface area contributed by atoms with Crippen LogP contribution in [0.3, 0.4) is 0 Å². The predicted molar refractivity (Wildman–Crippen MR) is 74.4 cm³/mol. The van der Waals surface area contributed by atoms with Crippen molar-refractivity contribution < 1.29 is 4.79 Å². The van der Waals surface area contributed by atoms with Crippen LogP contribution in [0.2, 0.25) is 5.02 Å². The number of azo groups is 1. The number of hydrogen-bond acceptors (Lipinski definition) is 7. The number of rotatable bonds is 1. The first kappa shape index (κ1) is 12.4. The fourth-order valence-corrected chi connectivity index (χ4v) is 1.76. The lowest BCUT2D eigenvalue weighted by atomic mass is 10.2. The number of benzene rings is 1. The van der Waals surface area contributed by atoms with Gasteiger partial charge in [0.25, 0.3) is 11.9 Å². The minimum atomic E-state index is -0.804. The summed E-state index contributed by atoms with van der Waals surface area (Å²) in [6.07, 6.45) is 0. The lowest BCUT2D eigenvalue weighted by Gasteiger charge is -2.13. The van der Waals surface area contributed by atoms with E-state index >= 15 is 0 Å². The first-order chi connectivity index (χ1) is 9.61. The molecule has 0 bridgehead atoms. The third-order valence-corrected chi connectivity index (χ3v) is 2.77. The number of carbonyl (C=O) groups excluding carboxylic acids is 1. The summed E-state index contributed by atoms with van der Waals surface area (Å²) in [4.78, 5) is 23.5. The summed E-state index contributed by atoms with van der Waals surface area (Å²) in [6.45, 7) is 0. The molecule has 1 amide bonds. The van der Waals surface area contributed by atoms with Crippen LogP contribution in [0.15, 0.2) is 49.5 Å². The maximum absolute atomic E-state index is 11.6. The Kier molecular flexibility index (Phi) is 2.99. The van der Waals surface area contributed by atoms with Crippen LogP contribution < -0.4 is 11.1 Å². The van der Waals surface area contributed by atoms with Gasteiger partial charge in [0.2, 0.25) is 5.96 Å². The molecule has 0 fully saturated rings. The van der Waals surface area contributed by atoms with Crippen LogP contribution in [0, 0.1) is 0 Å². The lowest BCUT2D eigenvalue weighted by Crippen LogP contribution is -2.49. The normalized spacial score (nSPS) is 21.1. The number of hydrogen-bond donors (Lipinski definition) is 2. The van der Waals surface area contributed by atoms with Gasteiger partial charge in [-0.3, -0.25) is 10.1 Å². The average Bonchev–Trinajstić information content (AvgIpc) is 2.81. The first-order valence-electron chi connectivity index (χ1n) is 5.60. The molecule has 9 heteroatoms. The Morgan fingerprint density at radius 2 is 1.95 bits per heavy atom. The molecule has 0 radical (unpaired) electrons. The van der Waals surface area contributed by atoms with Crippen LogP contribution in [-0.4, -0.2) is 29.7 Å². The second-order valence-corrected chi connectivity index (χ2v) is 4.40. The van der Waals surface area contributed by atoms with Crippen molar-refractivity contribution in [1.29, 1.82) is 0 Å². The number of fused-ring (bicyclic) bond motifs is 1. The van der Waals surface area contributed by atoms with E-state index in [1.165, 1.54) is 0 Å². The van der Waals surface area contributed by atoms with Crippen LogP contribution in [0.1, 0.15) is 0 Å². The van der Waals surface area contributed by atoms with Gasteiger partial charge in [0.05, 0.1) is 5.69 Å². The van der Waals surface area contributed by atoms with E-state index in [9.17, 15) is 4.79 Å². The highest BCUT2D eigenvalue weighted by Gasteiger charge is 2.33. The molecule has 0 aromatic heterocycles. The Hall–Kier alpha value is -2.61. The molecule has 2 heterocycles. The molecular formula is C11H8ClN7O. The standard InChI is InChI=1S/C11H8ClN7O/c12-5-1-3-6(4-2-5)18-19-11-14-7-8(16-11)15-10(13)17-9(7)20/h1-4,7H,(H3,13,14,15,16,17,20). The van der Waals surface area contributed by atoms with Crippen molar-refractivity contribution in [3.8, 4) is 0 Å². The van der Waals surface area contributed by atoms with Gasteiger partial charge in [-0.05, 0) is 24.3 Å². The van der Waals surface area contributed by atoms with Crippen LogP contribution in [-0.2, 0) is 4.79 Å². The minimum Gasteiger partial charge on any atom is -0.369 e. The number of guanidine groups is 2. The van der Waals surface area contributed by atoms with Gasteiger partial charge in [-0.1, -0.05) is 11.6 Å². The number of amides is 1. The lowest BCUT2D eigenvalue weighted by molar-refractivity contribution is -0.119. The van der Waals surface area contributed by atoms with Crippen molar-refractivity contribution in [2.24, 2.45) is 30.9 Å². The highest BCUT2D eigenvalue weighted by atomic mass is 35.5. The molecule has 1 aromatic carbocycles. The molecule has 1 atom stereocenters. The molecule has 1 aromatic rings. The quantitative estimate of drug-likeness (QED) is 0.750. The van der Waals surface area contributed by atoms with E-state index < -0.39 is 6.04 Å². The molecule has 0 aliphatic carbocycles. The van der Waals surface area contributed by atoms with Gasteiger partial charge in [-0.25, -0.2) is 4.99 Å². The zero-order valence-electron chi connectivity index (χ0n) is 9.99. The highest BCUT2D eigenvalue weighted by Crippen LogP contribution is 2.18. The zero-order chi connectivity index (χ0) is 14.1. The van der Waals surface area contributed by atoms with Crippen LogP contribution in [0.4, 0.5) is 5.69 Å². The van der Waals surface area contributed by atoms with Gasteiger partial charge in [0.15, 0.2) is 11.9 Å². The summed E-state index contributed by atoms with van der Waals surface area (Å²) in [6, 6.07) is 5.98. The third-order valence-electron chi connectivity index (χ3n) is 2.52. The number of amidine groups is 1. The number of nitrogens with one attached hydrogen (secondary N) is 1. The van der Waals surface area contributed by atoms with Gasteiger partial charge in [-0.2, -0.15) is 9.98 Å². The first-order valence-corrected chi connectivity index (χ1v) is 5.98. The Labute approximate surface area is 118 Å². The number of nitrogens with zero attached hydrogens (tertiary/aromatic N) is 5. The number of nitrogens with two attached hydrogens (primary N) is 1. The SMILES string of the molecule is NC1=NC2=NC(N=Nc3ccc(Cl)cc3)=NC2C(=O)N1. The Morgan fingerprint density at radius 1 is 1.20 bits per heavy atom. The third kappa shape index (κ3) is 2.41. The summed E-state index contributed by atoms with van der Waals surface area (Å²) >= 11 is 5.76. The topological polar surface area (TPSA) is 117 Å². The molecule has 2 aliphatic heterocycles. The summed E-state index contributed by atoms with van der Waals surface area (Å²) < 4.78 is 0. The zero-order valence-corrected chi connectivity index (χ0v) is 10.7. The maximum Gasteiger partial charge on any atom is 0.267 e. The monoisotopic (exact) mass is 289 g/mol. The molecule has 100 valence electrons. The fraction of sp³-hybridized carbons (Fsp3) is 0.0909. The molecule has 1 unspecified atom stereocenters. The van der Waals surface area contributed by atoms with Gasteiger partial charge in [0, 0.05) is 5.02 Å². The van der Waals surface area contributed by atoms with Gasteiger partial charge in [-0.15, -0.1) is 10.2 Å². The summed E-state index contributed by atoms with van der Waals surface area (Å²) in [7, 11) is 0. The van der Waals surface area contributed by atoms with E-state index in [1.54, 1.807) is 24.3 Å². The average molecular weight is 290 g/mol. The Balaban J connectivity index is 1.81. The van der Waals surface area contributed by atoms with Crippen LogP contribution in [0.5, 0.6) is 0 Å². The minimum absolute atomic E-state index is 0.00362. The molecule has 8 nitrogen and oxygen atoms in total. The van der Waals surface area contributed by atoms with E-state index in [0.717, 1.165) is 0 Å². The molecule has 0 saturated carbocycles. The molecule has 3 N–H and O–H groups in total. The van der Waals surface area contributed by atoms with Crippen molar-refractivity contribution in [1.82, 2.24) is 5.32 Å². The van der Waals surface area contributed by atoms with Crippen molar-refractivity contribution in [3.63, 3.8) is 0 Å². The van der Waals surface area contributed by atoms with Crippen molar-refractivity contribution >= 4 is 41.0 Å². The highest BCUT2D eigenvalue weighted by molar-refractivity contribution is 6.30. The molecule has 0 spiro atoms. The van der Waals surface area contributed by atoms with E-state index in [4.69, 9.17) is 17.3 Å².